The average molecular weight is 305 g/mol. The minimum atomic E-state index is -3.62. The van der Waals surface area contributed by atoms with E-state index in [2.05, 4.69) is 15.0 Å². The maximum absolute atomic E-state index is 12.5. The van der Waals surface area contributed by atoms with Crippen molar-refractivity contribution >= 4 is 15.7 Å². The SMILES string of the molecule is CCNCc1ccccc1S(=O)(=O)Nc1ccc(C)nc1. The second kappa shape index (κ2) is 6.69. The van der Waals surface area contributed by atoms with E-state index >= 15 is 0 Å². The molecular formula is C15H19N3O2S. The molecule has 0 aliphatic heterocycles. The van der Waals surface area contributed by atoms with Crippen LogP contribution in [0.4, 0.5) is 5.69 Å². The summed E-state index contributed by atoms with van der Waals surface area (Å²) >= 11 is 0. The van der Waals surface area contributed by atoms with Crippen LogP contribution < -0.4 is 10.0 Å². The van der Waals surface area contributed by atoms with Gasteiger partial charge in [-0.2, -0.15) is 0 Å². The summed E-state index contributed by atoms with van der Waals surface area (Å²) < 4.78 is 27.6. The summed E-state index contributed by atoms with van der Waals surface area (Å²) in [7, 11) is -3.62. The Morgan fingerprint density at radius 3 is 2.57 bits per heavy atom. The van der Waals surface area contributed by atoms with Gasteiger partial charge in [-0.05, 0) is 37.2 Å². The molecule has 1 aromatic carbocycles. The van der Waals surface area contributed by atoms with Gasteiger partial charge < -0.3 is 5.32 Å². The highest BCUT2D eigenvalue weighted by molar-refractivity contribution is 7.92. The molecule has 0 spiro atoms. The van der Waals surface area contributed by atoms with Gasteiger partial charge in [0.2, 0.25) is 0 Å². The fraction of sp³-hybridized carbons (Fsp3) is 0.267. The lowest BCUT2D eigenvalue weighted by molar-refractivity contribution is 0.598. The van der Waals surface area contributed by atoms with E-state index in [1.165, 1.54) is 6.20 Å². The van der Waals surface area contributed by atoms with Crippen LogP contribution in [0.15, 0.2) is 47.5 Å². The monoisotopic (exact) mass is 305 g/mol. The fourth-order valence-corrected chi connectivity index (χ4v) is 3.19. The number of nitrogens with zero attached hydrogens (tertiary/aromatic N) is 1. The quantitative estimate of drug-likeness (QED) is 0.859. The van der Waals surface area contributed by atoms with Crippen LogP contribution in [0.3, 0.4) is 0 Å². The number of nitrogens with one attached hydrogen (secondary N) is 2. The molecule has 0 saturated heterocycles. The summed E-state index contributed by atoms with van der Waals surface area (Å²) in [5.74, 6) is 0. The molecule has 0 fully saturated rings. The lowest BCUT2D eigenvalue weighted by Crippen LogP contribution is -2.19. The lowest BCUT2D eigenvalue weighted by Gasteiger charge is -2.12. The third kappa shape index (κ3) is 4.03. The van der Waals surface area contributed by atoms with E-state index in [1.807, 2.05) is 26.0 Å². The number of rotatable bonds is 6. The highest BCUT2D eigenvalue weighted by atomic mass is 32.2. The Balaban J connectivity index is 2.29. The summed E-state index contributed by atoms with van der Waals surface area (Å²) in [4.78, 5) is 4.37. The molecule has 0 unspecified atom stereocenters. The van der Waals surface area contributed by atoms with Crippen molar-refractivity contribution in [1.82, 2.24) is 10.3 Å². The molecule has 2 aromatic rings. The standard InChI is InChI=1S/C15H19N3O2S/c1-3-16-10-13-6-4-5-7-15(13)21(19,20)18-14-9-8-12(2)17-11-14/h4-9,11,16,18H,3,10H2,1-2H3. The van der Waals surface area contributed by atoms with Gasteiger partial charge in [0, 0.05) is 12.2 Å². The highest BCUT2D eigenvalue weighted by Crippen LogP contribution is 2.19. The summed E-state index contributed by atoms with van der Waals surface area (Å²) in [6.07, 6.45) is 1.51. The second-order valence-electron chi connectivity index (χ2n) is 4.68. The van der Waals surface area contributed by atoms with Gasteiger partial charge in [-0.3, -0.25) is 9.71 Å². The van der Waals surface area contributed by atoms with Gasteiger partial charge in [-0.15, -0.1) is 0 Å². The fourth-order valence-electron chi connectivity index (χ4n) is 1.91. The predicted molar refractivity (Wildman–Crippen MR) is 83.6 cm³/mol. The van der Waals surface area contributed by atoms with E-state index in [1.54, 1.807) is 24.3 Å². The number of pyridine rings is 1. The topological polar surface area (TPSA) is 71.1 Å². The molecule has 2 N–H and O–H groups in total. The first-order valence-corrected chi connectivity index (χ1v) is 8.25. The van der Waals surface area contributed by atoms with Crippen LogP contribution in [0.2, 0.25) is 0 Å². The zero-order chi connectivity index (χ0) is 15.3. The molecule has 1 aromatic heterocycles. The maximum Gasteiger partial charge on any atom is 0.262 e. The van der Waals surface area contributed by atoms with Gasteiger partial charge in [0.1, 0.15) is 0 Å². The molecule has 0 bridgehead atoms. The van der Waals surface area contributed by atoms with Gasteiger partial charge in [0.05, 0.1) is 16.8 Å². The zero-order valence-electron chi connectivity index (χ0n) is 12.1. The Hall–Kier alpha value is -1.92. The van der Waals surface area contributed by atoms with Crippen molar-refractivity contribution in [1.29, 1.82) is 0 Å². The molecular weight excluding hydrogens is 286 g/mol. The van der Waals surface area contributed by atoms with Crippen LogP contribution in [0.5, 0.6) is 0 Å². The summed E-state index contributed by atoms with van der Waals surface area (Å²) in [6.45, 7) is 5.13. The molecule has 2 rings (SSSR count). The van der Waals surface area contributed by atoms with E-state index in [9.17, 15) is 8.42 Å². The van der Waals surface area contributed by atoms with Crippen molar-refractivity contribution in [2.24, 2.45) is 0 Å². The minimum Gasteiger partial charge on any atom is -0.313 e. The predicted octanol–water partition coefficient (Wildman–Crippen LogP) is 2.30. The normalized spacial score (nSPS) is 11.3. The van der Waals surface area contributed by atoms with Crippen molar-refractivity contribution in [2.75, 3.05) is 11.3 Å². The Kier molecular flexibility index (Phi) is 4.93. The van der Waals surface area contributed by atoms with Gasteiger partial charge in [0.25, 0.3) is 10.0 Å². The van der Waals surface area contributed by atoms with E-state index in [0.717, 1.165) is 17.8 Å². The maximum atomic E-state index is 12.5. The smallest absolute Gasteiger partial charge is 0.262 e. The number of aromatic nitrogens is 1. The molecule has 5 nitrogen and oxygen atoms in total. The molecule has 112 valence electrons. The molecule has 21 heavy (non-hydrogen) atoms. The third-order valence-corrected chi connectivity index (χ3v) is 4.47. The molecule has 0 aliphatic carbocycles. The van der Waals surface area contributed by atoms with Crippen LogP contribution in [-0.4, -0.2) is 19.9 Å². The summed E-state index contributed by atoms with van der Waals surface area (Å²) in [6, 6.07) is 10.4. The number of sulfonamides is 1. The van der Waals surface area contributed by atoms with E-state index in [-0.39, 0.29) is 4.90 Å². The van der Waals surface area contributed by atoms with Crippen LogP contribution in [0.1, 0.15) is 18.2 Å². The third-order valence-electron chi connectivity index (χ3n) is 2.99. The van der Waals surface area contributed by atoms with Gasteiger partial charge in [0.15, 0.2) is 0 Å². The van der Waals surface area contributed by atoms with E-state index in [4.69, 9.17) is 0 Å². The Morgan fingerprint density at radius 1 is 1.14 bits per heavy atom. The number of benzene rings is 1. The molecule has 0 aliphatic rings. The average Bonchev–Trinajstić information content (AvgIpc) is 2.47. The van der Waals surface area contributed by atoms with Crippen LogP contribution in [0, 0.1) is 6.92 Å². The van der Waals surface area contributed by atoms with Crippen molar-refractivity contribution < 1.29 is 8.42 Å². The minimum absolute atomic E-state index is 0.284. The molecule has 6 heteroatoms. The molecule has 0 amide bonds. The molecule has 0 atom stereocenters. The number of anilines is 1. The van der Waals surface area contributed by atoms with Gasteiger partial charge in [-0.25, -0.2) is 8.42 Å². The summed E-state index contributed by atoms with van der Waals surface area (Å²) in [5.41, 5.74) is 2.04. The largest absolute Gasteiger partial charge is 0.313 e. The van der Waals surface area contributed by atoms with Crippen molar-refractivity contribution in [3.8, 4) is 0 Å². The Bertz CT molecular complexity index is 697. The molecule has 0 saturated carbocycles. The second-order valence-corrected chi connectivity index (χ2v) is 6.33. The van der Waals surface area contributed by atoms with Gasteiger partial charge >= 0.3 is 0 Å². The summed E-state index contributed by atoms with van der Waals surface area (Å²) in [5, 5.41) is 3.14. The Labute approximate surface area is 125 Å². The van der Waals surface area contributed by atoms with Crippen LogP contribution in [-0.2, 0) is 16.6 Å². The number of aryl methyl sites for hydroxylation is 1. The van der Waals surface area contributed by atoms with Gasteiger partial charge in [-0.1, -0.05) is 25.1 Å². The lowest BCUT2D eigenvalue weighted by atomic mass is 10.2. The molecule has 1 heterocycles. The number of hydrogen-bond donors (Lipinski definition) is 2. The van der Waals surface area contributed by atoms with Crippen LogP contribution >= 0.6 is 0 Å². The first kappa shape index (κ1) is 15.5. The van der Waals surface area contributed by atoms with Crippen molar-refractivity contribution in [3.63, 3.8) is 0 Å². The highest BCUT2D eigenvalue weighted by Gasteiger charge is 2.18. The first-order valence-electron chi connectivity index (χ1n) is 6.77. The number of hydrogen-bond acceptors (Lipinski definition) is 4. The zero-order valence-corrected chi connectivity index (χ0v) is 12.9. The molecule has 0 radical (unpaired) electrons. The van der Waals surface area contributed by atoms with Crippen molar-refractivity contribution in [3.05, 3.63) is 53.9 Å². The first-order chi connectivity index (χ1) is 10.0. The van der Waals surface area contributed by atoms with Crippen molar-refractivity contribution in [2.45, 2.75) is 25.3 Å². The van der Waals surface area contributed by atoms with E-state index in [0.29, 0.717) is 12.2 Å². The Morgan fingerprint density at radius 2 is 1.90 bits per heavy atom. The van der Waals surface area contributed by atoms with Crippen LogP contribution in [0.25, 0.3) is 0 Å². The van der Waals surface area contributed by atoms with E-state index < -0.39 is 10.0 Å².